The maximum absolute atomic E-state index is 5.91. The molecule has 0 saturated heterocycles. The molecule has 2 aromatic rings. The van der Waals surface area contributed by atoms with Crippen molar-refractivity contribution in [1.82, 2.24) is 0 Å². The maximum atomic E-state index is 5.91. The first-order valence-corrected chi connectivity index (χ1v) is 7.31. The van der Waals surface area contributed by atoms with E-state index in [9.17, 15) is 0 Å². The van der Waals surface area contributed by atoms with Gasteiger partial charge in [0.25, 0.3) is 0 Å². The molecule has 96 valence electrons. The summed E-state index contributed by atoms with van der Waals surface area (Å²) in [5.41, 5.74) is 0. The quantitative estimate of drug-likeness (QED) is 0.717. The van der Waals surface area contributed by atoms with Gasteiger partial charge in [-0.25, -0.2) is 0 Å². The van der Waals surface area contributed by atoms with Gasteiger partial charge in [-0.05, 0) is 45.1 Å². The van der Waals surface area contributed by atoms with Gasteiger partial charge in [-0.15, -0.1) is 0 Å². The van der Waals surface area contributed by atoms with Crippen LogP contribution in [0.5, 0.6) is 5.75 Å². The third kappa shape index (κ3) is 3.05. The fourth-order valence-corrected chi connectivity index (χ4v) is 2.74. The Morgan fingerprint density at radius 1 is 1.17 bits per heavy atom. The zero-order chi connectivity index (χ0) is 13.0. The van der Waals surface area contributed by atoms with Gasteiger partial charge < -0.3 is 4.74 Å². The van der Waals surface area contributed by atoms with E-state index in [1.807, 2.05) is 6.07 Å². The van der Waals surface area contributed by atoms with Crippen molar-refractivity contribution in [3.05, 3.63) is 40.9 Å². The van der Waals surface area contributed by atoms with Gasteiger partial charge >= 0.3 is 0 Å². The molecule has 0 heterocycles. The molecule has 0 amide bonds. The topological polar surface area (TPSA) is 9.23 Å². The van der Waals surface area contributed by atoms with Crippen molar-refractivity contribution in [3.8, 4) is 5.75 Å². The second-order valence-electron chi connectivity index (χ2n) is 4.80. The number of ether oxygens (including phenoxy) is 1. The molecule has 0 aliphatic rings. The second-order valence-corrected chi connectivity index (χ2v) is 5.60. The number of halogens is 1. The van der Waals surface area contributed by atoms with E-state index in [1.54, 1.807) is 0 Å². The lowest BCUT2D eigenvalue weighted by molar-refractivity contribution is 0.250. The van der Waals surface area contributed by atoms with Crippen LogP contribution in [0.2, 0.25) is 0 Å². The van der Waals surface area contributed by atoms with Gasteiger partial charge in [0, 0.05) is 0 Å². The summed E-state index contributed by atoms with van der Waals surface area (Å²) in [6, 6.07) is 12.5. The third-order valence-corrected chi connectivity index (χ3v) is 3.95. The Balaban J connectivity index is 2.16. The van der Waals surface area contributed by atoms with E-state index in [4.69, 9.17) is 4.74 Å². The highest BCUT2D eigenvalue weighted by Gasteiger charge is 2.07. The van der Waals surface area contributed by atoms with Crippen LogP contribution in [0.15, 0.2) is 40.9 Å². The van der Waals surface area contributed by atoms with Gasteiger partial charge in [-0.3, -0.25) is 0 Å². The molecule has 1 atom stereocenters. The lowest BCUT2D eigenvalue weighted by atomic mass is 10.1. The summed E-state index contributed by atoms with van der Waals surface area (Å²) >= 11 is 3.65. The largest absolute Gasteiger partial charge is 0.492 e. The molecule has 0 aliphatic heterocycles. The van der Waals surface area contributed by atoms with Gasteiger partial charge in [0.1, 0.15) is 5.75 Å². The van der Waals surface area contributed by atoms with Crippen LogP contribution < -0.4 is 4.74 Å². The molecule has 1 unspecified atom stereocenters. The minimum Gasteiger partial charge on any atom is -0.492 e. The smallest absolute Gasteiger partial charge is 0.134 e. The molecule has 0 aliphatic carbocycles. The molecule has 0 bridgehead atoms. The third-order valence-electron chi connectivity index (χ3n) is 3.13. The van der Waals surface area contributed by atoms with Crippen LogP contribution in [0.25, 0.3) is 10.8 Å². The second kappa shape index (κ2) is 6.24. The Labute approximate surface area is 117 Å². The van der Waals surface area contributed by atoms with Gasteiger partial charge in [0.15, 0.2) is 0 Å². The molecule has 2 aromatic carbocycles. The van der Waals surface area contributed by atoms with Crippen LogP contribution in [0, 0.1) is 5.92 Å². The van der Waals surface area contributed by atoms with E-state index in [0.717, 1.165) is 16.8 Å². The molecule has 0 fully saturated rings. The SMILES string of the molecule is CCCC(C)COc1ccc2ccccc2c1Br. The molecule has 0 spiro atoms. The zero-order valence-corrected chi connectivity index (χ0v) is 12.5. The summed E-state index contributed by atoms with van der Waals surface area (Å²) in [5.74, 6) is 1.55. The van der Waals surface area contributed by atoms with Crippen molar-refractivity contribution in [3.63, 3.8) is 0 Å². The highest BCUT2D eigenvalue weighted by molar-refractivity contribution is 9.10. The molecule has 2 rings (SSSR count). The van der Waals surface area contributed by atoms with Gasteiger partial charge in [0.2, 0.25) is 0 Å². The maximum Gasteiger partial charge on any atom is 0.134 e. The Bertz CT molecular complexity index is 521. The molecule has 18 heavy (non-hydrogen) atoms. The minimum atomic E-state index is 0.605. The van der Waals surface area contributed by atoms with Crippen molar-refractivity contribution < 1.29 is 4.74 Å². The van der Waals surface area contributed by atoms with E-state index in [-0.39, 0.29) is 0 Å². The van der Waals surface area contributed by atoms with E-state index >= 15 is 0 Å². The minimum absolute atomic E-state index is 0.605. The van der Waals surface area contributed by atoms with Crippen LogP contribution in [0.4, 0.5) is 0 Å². The predicted octanol–water partition coefficient (Wildman–Crippen LogP) is 5.42. The van der Waals surface area contributed by atoms with Crippen molar-refractivity contribution in [2.45, 2.75) is 26.7 Å². The van der Waals surface area contributed by atoms with Crippen molar-refractivity contribution in [2.75, 3.05) is 6.61 Å². The van der Waals surface area contributed by atoms with Crippen molar-refractivity contribution in [1.29, 1.82) is 0 Å². The van der Waals surface area contributed by atoms with Crippen LogP contribution in [-0.2, 0) is 0 Å². The Morgan fingerprint density at radius 2 is 1.94 bits per heavy atom. The van der Waals surface area contributed by atoms with Crippen LogP contribution in [-0.4, -0.2) is 6.61 Å². The summed E-state index contributed by atoms with van der Waals surface area (Å²) in [6.07, 6.45) is 2.43. The van der Waals surface area contributed by atoms with E-state index in [1.165, 1.54) is 23.6 Å². The van der Waals surface area contributed by atoms with Gasteiger partial charge in [0.05, 0.1) is 11.1 Å². The average Bonchev–Trinajstić information content (AvgIpc) is 2.39. The molecule has 0 aromatic heterocycles. The van der Waals surface area contributed by atoms with Gasteiger partial charge in [-0.1, -0.05) is 50.6 Å². The monoisotopic (exact) mass is 306 g/mol. The summed E-state index contributed by atoms with van der Waals surface area (Å²) in [7, 11) is 0. The molecule has 0 saturated carbocycles. The normalized spacial score (nSPS) is 12.6. The number of hydrogen-bond acceptors (Lipinski definition) is 1. The summed E-state index contributed by atoms with van der Waals surface area (Å²) < 4.78 is 6.97. The van der Waals surface area contributed by atoms with Crippen LogP contribution in [0.3, 0.4) is 0 Å². The summed E-state index contributed by atoms with van der Waals surface area (Å²) in [5, 5.41) is 2.44. The standard InChI is InChI=1S/C16H19BrO/c1-3-6-12(2)11-18-15-10-9-13-7-4-5-8-14(13)16(15)17/h4-5,7-10,12H,3,6,11H2,1-2H3. The predicted molar refractivity (Wildman–Crippen MR) is 81.2 cm³/mol. The molecular weight excluding hydrogens is 288 g/mol. The molecule has 1 nitrogen and oxygen atoms in total. The zero-order valence-electron chi connectivity index (χ0n) is 10.9. The van der Waals surface area contributed by atoms with Gasteiger partial charge in [-0.2, -0.15) is 0 Å². The summed E-state index contributed by atoms with van der Waals surface area (Å²) in [4.78, 5) is 0. The first kappa shape index (κ1) is 13.4. The van der Waals surface area contributed by atoms with E-state index in [0.29, 0.717) is 5.92 Å². The summed E-state index contributed by atoms with van der Waals surface area (Å²) in [6.45, 7) is 5.23. The molecule has 2 heteroatoms. The first-order chi connectivity index (χ1) is 8.72. The van der Waals surface area contributed by atoms with Crippen LogP contribution in [0.1, 0.15) is 26.7 Å². The highest BCUT2D eigenvalue weighted by atomic mass is 79.9. The number of hydrogen-bond donors (Lipinski definition) is 0. The Morgan fingerprint density at radius 3 is 2.72 bits per heavy atom. The molecule has 0 N–H and O–H groups in total. The van der Waals surface area contributed by atoms with E-state index in [2.05, 4.69) is 60.1 Å². The lowest BCUT2D eigenvalue weighted by Gasteiger charge is -2.14. The number of rotatable bonds is 5. The highest BCUT2D eigenvalue weighted by Crippen LogP contribution is 2.33. The lowest BCUT2D eigenvalue weighted by Crippen LogP contribution is -2.08. The first-order valence-electron chi connectivity index (χ1n) is 6.52. The Kier molecular flexibility index (Phi) is 4.65. The van der Waals surface area contributed by atoms with E-state index < -0.39 is 0 Å². The Hall–Kier alpha value is -1.02. The fourth-order valence-electron chi connectivity index (χ4n) is 2.13. The number of benzene rings is 2. The van der Waals surface area contributed by atoms with Crippen molar-refractivity contribution in [2.24, 2.45) is 5.92 Å². The molecular formula is C16H19BrO. The van der Waals surface area contributed by atoms with Crippen molar-refractivity contribution >= 4 is 26.7 Å². The average molecular weight is 307 g/mol. The molecule has 0 radical (unpaired) electrons. The fraction of sp³-hybridized carbons (Fsp3) is 0.375. The number of fused-ring (bicyclic) bond motifs is 1. The van der Waals surface area contributed by atoms with Crippen LogP contribution >= 0.6 is 15.9 Å².